The number of hydrogen-bond acceptors (Lipinski definition) is 0. The minimum atomic E-state index is 0.851. The van der Waals surface area contributed by atoms with Gasteiger partial charge in [-0.2, -0.15) is 0 Å². The average Bonchev–Trinajstić information content (AvgIpc) is 2.47. The predicted molar refractivity (Wildman–Crippen MR) is 92.9 cm³/mol. The molecule has 0 fully saturated rings. The molecule has 0 aromatic carbocycles. The molecule has 0 saturated heterocycles. The van der Waals surface area contributed by atoms with Gasteiger partial charge in [0.1, 0.15) is 0 Å². The van der Waals surface area contributed by atoms with Crippen molar-refractivity contribution in [1.82, 2.24) is 0 Å². The Hall–Kier alpha value is -0.440. The van der Waals surface area contributed by atoms with Crippen LogP contribution in [-0.2, 0) is 0 Å². The van der Waals surface area contributed by atoms with Crippen molar-refractivity contribution in [2.75, 3.05) is 0 Å². The van der Waals surface area contributed by atoms with E-state index in [2.05, 4.69) is 32.6 Å². The molecule has 0 spiro atoms. The van der Waals surface area contributed by atoms with Gasteiger partial charge in [-0.25, -0.2) is 0 Å². The smallest absolute Gasteiger partial charge is 0.0117 e. The highest BCUT2D eigenvalue weighted by molar-refractivity contribution is 4.99. The van der Waals surface area contributed by atoms with Crippen molar-refractivity contribution >= 4 is 0 Å². The lowest BCUT2D eigenvalue weighted by atomic mass is 9.95. The zero-order valence-electron chi connectivity index (χ0n) is 14.5. The van der Waals surface area contributed by atoms with Crippen molar-refractivity contribution in [3.8, 4) is 11.8 Å². The first-order valence-corrected chi connectivity index (χ1v) is 9.30. The quantitative estimate of drug-likeness (QED) is 0.248. The Morgan fingerprint density at radius 2 is 1.25 bits per heavy atom. The van der Waals surface area contributed by atoms with Gasteiger partial charge >= 0.3 is 0 Å². The van der Waals surface area contributed by atoms with Gasteiger partial charge in [0.25, 0.3) is 0 Å². The van der Waals surface area contributed by atoms with E-state index < -0.39 is 0 Å². The molecule has 0 amide bonds. The molecule has 1 unspecified atom stereocenters. The third-order valence-electron chi connectivity index (χ3n) is 4.21. The summed E-state index contributed by atoms with van der Waals surface area (Å²) in [6, 6.07) is 0. The lowest BCUT2D eigenvalue weighted by molar-refractivity contribution is 0.450. The van der Waals surface area contributed by atoms with Gasteiger partial charge in [0.15, 0.2) is 0 Å². The molecule has 1 atom stereocenters. The molecule has 0 bridgehead atoms. The summed E-state index contributed by atoms with van der Waals surface area (Å²) in [6.45, 7) is 6.88. The van der Waals surface area contributed by atoms with Crippen LogP contribution in [0, 0.1) is 17.8 Å². The van der Waals surface area contributed by atoms with Gasteiger partial charge in [-0.3, -0.25) is 0 Å². The molecular weight excluding hydrogens is 240 g/mol. The first-order chi connectivity index (χ1) is 9.85. The molecule has 0 nitrogen and oxygen atoms in total. The van der Waals surface area contributed by atoms with E-state index in [0.717, 1.165) is 18.8 Å². The summed E-state index contributed by atoms with van der Waals surface area (Å²) in [5.74, 6) is 7.67. The van der Waals surface area contributed by atoms with Gasteiger partial charge in [-0.15, -0.1) is 11.8 Å². The van der Waals surface area contributed by atoms with Crippen molar-refractivity contribution < 1.29 is 0 Å². The molecule has 20 heavy (non-hydrogen) atoms. The Balaban J connectivity index is 3.46. The molecule has 0 aliphatic heterocycles. The minimum absolute atomic E-state index is 0.851. The Morgan fingerprint density at radius 3 is 1.90 bits per heavy atom. The molecular formula is C20H38. The van der Waals surface area contributed by atoms with Crippen LogP contribution in [0.2, 0.25) is 0 Å². The standard InChI is InChI=1S/C20H38/c1-4-7-9-11-12-13-14-15-17-19-20(6-3)18-16-10-8-5-2/h20H,4-14,16,18-19H2,1-3H3. The zero-order chi connectivity index (χ0) is 14.9. The van der Waals surface area contributed by atoms with Crippen LogP contribution in [0.25, 0.3) is 0 Å². The summed E-state index contributed by atoms with van der Waals surface area (Å²) >= 11 is 0. The lowest BCUT2D eigenvalue weighted by Gasteiger charge is -2.10. The first kappa shape index (κ1) is 19.6. The van der Waals surface area contributed by atoms with E-state index in [1.165, 1.54) is 77.0 Å². The highest BCUT2D eigenvalue weighted by Gasteiger charge is 2.03. The van der Waals surface area contributed by atoms with E-state index in [-0.39, 0.29) is 0 Å². The van der Waals surface area contributed by atoms with Gasteiger partial charge in [0.05, 0.1) is 0 Å². The van der Waals surface area contributed by atoms with Crippen LogP contribution >= 0.6 is 0 Å². The molecule has 0 saturated carbocycles. The van der Waals surface area contributed by atoms with Crippen molar-refractivity contribution in [2.45, 2.75) is 111 Å². The Bertz CT molecular complexity index is 230. The molecule has 0 aliphatic rings. The predicted octanol–water partition coefficient (Wildman–Crippen LogP) is 7.13. The molecule has 0 aromatic heterocycles. The van der Waals surface area contributed by atoms with E-state index in [1.807, 2.05) is 0 Å². The van der Waals surface area contributed by atoms with E-state index in [1.54, 1.807) is 0 Å². The maximum atomic E-state index is 3.43. The van der Waals surface area contributed by atoms with Crippen molar-refractivity contribution in [1.29, 1.82) is 0 Å². The van der Waals surface area contributed by atoms with Gasteiger partial charge in [0.2, 0.25) is 0 Å². The molecule has 118 valence electrons. The summed E-state index contributed by atoms with van der Waals surface area (Å²) in [7, 11) is 0. The Morgan fingerprint density at radius 1 is 0.650 bits per heavy atom. The largest absolute Gasteiger partial charge is 0.103 e. The molecule has 0 N–H and O–H groups in total. The summed E-state index contributed by atoms with van der Waals surface area (Å²) in [4.78, 5) is 0. The molecule has 0 rings (SSSR count). The monoisotopic (exact) mass is 278 g/mol. The van der Waals surface area contributed by atoms with Gasteiger partial charge in [-0.1, -0.05) is 85.0 Å². The van der Waals surface area contributed by atoms with Crippen molar-refractivity contribution in [3.63, 3.8) is 0 Å². The van der Waals surface area contributed by atoms with Gasteiger partial charge in [-0.05, 0) is 18.8 Å². The average molecular weight is 279 g/mol. The van der Waals surface area contributed by atoms with Gasteiger partial charge < -0.3 is 0 Å². The SMILES string of the molecule is CCCCCCCCC#CCC(CC)CCCCCC. The van der Waals surface area contributed by atoms with Crippen molar-refractivity contribution in [2.24, 2.45) is 5.92 Å². The fraction of sp³-hybridized carbons (Fsp3) is 0.900. The summed E-state index contributed by atoms with van der Waals surface area (Å²) in [5, 5.41) is 0. The summed E-state index contributed by atoms with van der Waals surface area (Å²) < 4.78 is 0. The second-order valence-electron chi connectivity index (χ2n) is 6.20. The van der Waals surface area contributed by atoms with Crippen LogP contribution in [0.5, 0.6) is 0 Å². The molecule has 0 heterocycles. The summed E-state index contributed by atoms with van der Waals surface area (Å²) in [5.41, 5.74) is 0. The third-order valence-corrected chi connectivity index (χ3v) is 4.21. The number of rotatable bonds is 13. The number of unbranched alkanes of at least 4 members (excludes halogenated alkanes) is 9. The van der Waals surface area contributed by atoms with E-state index in [4.69, 9.17) is 0 Å². The second kappa shape index (κ2) is 16.6. The fourth-order valence-corrected chi connectivity index (χ4v) is 2.61. The maximum Gasteiger partial charge on any atom is 0.0117 e. The van der Waals surface area contributed by atoms with E-state index in [0.29, 0.717) is 0 Å². The third kappa shape index (κ3) is 14.0. The van der Waals surface area contributed by atoms with E-state index >= 15 is 0 Å². The Kier molecular flexibility index (Phi) is 16.2. The van der Waals surface area contributed by atoms with Crippen LogP contribution in [-0.4, -0.2) is 0 Å². The fourth-order valence-electron chi connectivity index (χ4n) is 2.61. The second-order valence-corrected chi connectivity index (χ2v) is 6.20. The Labute approximate surface area is 129 Å². The molecule has 0 aromatic rings. The van der Waals surface area contributed by atoms with Crippen LogP contribution in [0.4, 0.5) is 0 Å². The van der Waals surface area contributed by atoms with Crippen LogP contribution in [0.3, 0.4) is 0 Å². The van der Waals surface area contributed by atoms with E-state index in [9.17, 15) is 0 Å². The normalized spacial score (nSPS) is 11.9. The highest BCUT2D eigenvalue weighted by atomic mass is 14.1. The molecule has 0 radical (unpaired) electrons. The highest BCUT2D eigenvalue weighted by Crippen LogP contribution is 2.17. The summed E-state index contributed by atoms with van der Waals surface area (Å²) in [6.07, 6.45) is 18.8. The van der Waals surface area contributed by atoms with Crippen molar-refractivity contribution in [3.05, 3.63) is 0 Å². The first-order valence-electron chi connectivity index (χ1n) is 9.30. The zero-order valence-corrected chi connectivity index (χ0v) is 14.5. The maximum absolute atomic E-state index is 3.43. The van der Waals surface area contributed by atoms with Crippen LogP contribution in [0.1, 0.15) is 111 Å². The van der Waals surface area contributed by atoms with Crippen LogP contribution < -0.4 is 0 Å². The number of hydrogen-bond donors (Lipinski definition) is 0. The molecule has 0 heteroatoms. The molecule has 0 aliphatic carbocycles. The topological polar surface area (TPSA) is 0 Å². The minimum Gasteiger partial charge on any atom is -0.103 e. The lowest BCUT2D eigenvalue weighted by Crippen LogP contribution is -1.97. The van der Waals surface area contributed by atoms with Gasteiger partial charge in [0, 0.05) is 12.8 Å². The van der Waals surface area contributed by atoms with Crippen LogP contribution in [0.15, 0.2) is 0 Å².